The van der Waals surface area contributed by atoms with Crippen molar-refractivity contribution in [3.63, 3.8) is 0 Å². The van der Waals surface area contributed by atoms with Crippen LogP contribution in [-0.4, -0.2) is 18.7 Å². The number of fused-ring (bicyclic) bond motifs is 1. The first-order valence-corrected chi connectivity index (χ1v) is 5.86. The molecular weight excluding hydrogens is 304 g/mol. The van der Waals surface area contributed by atoms with Gasteiger partial charge in [-0.25, -0.2) is 4.79 Å². The molecule has 92 valence electrons. The maximum atomic E-state index is 11.4. The number of halogens is 1. The molecule has 3 rings (SSSR count). The van der Waals surface area contributed by atoms with Gasteiger partial charge in [-0.2, -0.15) is 0 Å². The number of carbonyl (C=O) groups excluding carboxylic acids is 2. The van der Waals surface area contributed by atoms with Gasteiger partial charge in [0.05, 0.1) is 0 Å². The minimum absolute atomic E-state index is 0.180. The molecule has 0 atom stereocenters. The van der Waals surface area contributed by atoms with Gasteiger partial charge in [0.25, 0.3) is 5.91 Å². The minimum Gasteiger partial charge on any atom is -0.454 e. The fourth-order valence-corrected chi connectivity index (χ4v) is 2.12. The summed E-state index contributed by atoms with van der Waals surface area (Å²) in [7, 11) is 0. The zero-order valence-corrected chi connectivity index (χ0v) is 10.5. The number of nitrogens with one attached hydrogen (secondary N) is 2. The van der Waals surface area contributed by atoms with Crippen LogP contribution in [-0.2, 0) is 4.79 Å². The molecule has 0 spiro atoms. The van der Waals surface area contributed by atoms with Crippen LogP contribution in [0.2, 0.25) is 0 Å². The first-order chi connectivity index (χ1) is 8.63. The van der Waals surface area contributed by atoms with E-state index in [2.05, 4.69) is 26.6 Å². The Labute approximate surface area is 110 Å². The summed E-state index contributed by atoms with van der Waals surface area (Å²) >= 11 is 3.37. The lowest BCUT2D eigenvalue weighted by atomic mass is 10.1. The molecule has 18 heavy (non-hydrogen) atoms. The molecular formula is C11H7BrN2O4. The van der Waals surface area contributed by atoms with E-state index in [9.17, 15) is 9.59 Å². The summed E-state index contributed by atoms with van der Waals surface area (Å²) < 4.78 is 11.2. The normalized spacial score (nSPS) is 19.1. The summed E-state index contributed by atoms with van der Waals surface area (Å²) in [5.41, 5.74) is 0.908. The van der Waals surface area contributed by atoms with Gasteiger partial charge in [-0.05, 0) is 23.8 Å². The summed E-state index contributed by atoms with van der Waals surface area (Å²) in [5.74, 6) is 0.795. The molecule has 0 aromatic heterocycles. The molecule has 2 heterocycles. The molecule has 0 bridgehead atoms. The van der Waals surface area contributed by atoms with Crippen LogP contribution in [0.4, 0.5) is 4.79 Å². The Morgan fingerprint density at radius 3 is 2.56 bits per heavy atom. The first-order valence-electron chi connectivity index (χ1n) is 5.06. The van der Waals surface area contributed by atoms with E-state index in [4.69, 9.17) is 9.47 Å². The highest BCUT2D eigenvalue weighted by atomic mass is 79.9. The molecule has 7 heteroatoms. The number of carbonyl (C=O) groups is 2. The van der Waals surface area contributed by atoms with Crippen molar-refractivity contribution < 1.29 is 19.1 Å². The highest BCUT2D eigenvalue weighted by Gasteiger charge is 2.24. The monoisotopic (exact) mass is 310 g/mol. The SMILES string of the molecule is O=C1NC(=O)C(=Cc2cc3c(cc2Br)OCO3)N1. The van der Waals surface area contributed by atoms with Crippen LogP contribution in [0.3, 0.4) is 0 Å². The Bertz CT molecular complexity index is 597. The van der Waals surface area contributed by atoms with E-state index in [1.165, 1.54) is 0 Å². The smallest absolute Gasteiger partial charge is 0.326 e. The molecule has 1 saturated heterocycles. The first kappa shape index (κ1) is 11.1. The number of ether oxygens (including phenoxy) is 2. The molecule has 2 N–H and O–H groups in total. The Morgan fingerprint density at radius 1 is 1.17 bits per heavy atom. The molecule has 1 aromatic rings. The molecule has 2 aliphatic heterocycles. The summed E-state index contributed by atoms with van der Waals surface area (Å²) in [6, 6.07) is 2.96. The van der Waals surface area contributed by atoms with E-state index < -0.39 is 11.9 Å². The molecule has 6 nitrogen and oxygen atoms in total. The summed E-state index contributed by atoms with van der Waals surface area (Å²) in [5, 5.41) is 4.55. The van der Waals surface area contributed by atoms with Crippen molar-refractivity contribution in [2.45, 2.75) is 0 Å². The third-order valence-corrected chi connectivity index (χ3v) is 3.20. The third kappa shape index (κ3) is 1.82. The van der Waals surface area contributed by atoms with Crippen molar-refractivity contribution in [3.05, 3.63) is 27.9 Å². The fraction of sp³-hybridized carbons (Fsp3) is 0.0909. The number of rotatable bonds is 1. The summed E-state index contributed by atoms with van der Waals surface area (Å²) in [6.07, 6.45) is 1.56. The quantitative estimate of drug-likeness (QED) is 0.606. The van der Waals surface area contributed by atoms with Crippen molar-refractivity contribution in [1.82, 2.24) is 10.6 Å². The van der Waals surface area contributed by atoms with Gasteiger partial charge in [0.2, 0.25) is 6.79 Å². The van der Waals surface area contributed by atoms with Gasteiger partial charge in [0.15, 0.2) is 11.5 Å². The van der Waals surface area contributed by atoms with Crippen molar-refractivity contribution in [3.8, 4) is 11.5 Å². The predicted octanol–water partition coefficient (Wildman–Crippen LogP) is 1.36. The number of hydrogen-bond donors (Lipinski definition) is 2. The van der Waals surface area contributed by atoms with Crippen LogP contribution in [0.1, 0.15) is 5.56 Å². The molecule has 1 aromatic carbocycles. The molecule has 0 unspecified atom stereocenters. The lowest BCUT2D eigenvalue weighted by molar-refractivity contribution is -0.115. The molecule has 3 amide bonds. The summed E-state index contributed by atoms with van der Waals surface area (Å²) in [4.78, 5) is 22.4. The van der Waals surface area contributed by atoms with E-state index in [1.807, 2.05) is 0 Å². The number of benzene rings is 1. The van der Waals surface area contributed by atoms with Crippen LogP contribution in [0, 0.1) is 0 Å². The summed E-state index contributed by atoms with van der Waals surface area (Å²) in [6.45, 7) is 0.180. The standard InChI is InChI=1S/C11H7BrN2O4/c12-6-3-9-8(17-4-18-9)2-5(6)1-7-10(15)14-11(16)13-7/h1-3H,4H2,(H2,13,14,15,16). The Hall–Kier alpha value is -2.02. The van der Waals surface area contributed by atoms with Crippen molar-refractivity contribution >= 4 is 33.9 Å². The van der Waals surface area contributed by atoms with E-state index in [0.29, 0.717) is 17.1 Å². The van der Waals surface area contributed by atoms with Crippen LogP contribution in [0.15, 0.2) is 22.3 Å². The van der Waals surface area contributed by atoms with Gasteiger partial charge in [-0.3, -0.25) is 10.1 Å². The van der Waals surface area contributed by atoms with Crippen LogP contribution >= 0.6 is 15.9 Å². The molecule has 1 fully saturated rings. The average Bonchev–Trinajstić information content (AvgIpc) is 2.86. The minimum atomic E-state index is -0.525. The van der Waals surface area contributed by atoms with E-state index in [1.54, 1.807) is 18.2 Å². The Balaban J connectivity index is 2.00. The highest BCUT2D eigenvalue weighted by molar-refractivity contribution is 9.10. The van der Waals surface area contributed by atoms with Gasteiger partial charge in [0, 0.05) is 4.47 Å². The third-order valence-electron chi connectivity index (χ3n) is 2.51. The van der Waals surface area contributed by atoms with Gasteiger partial charge in [-0.15, -0.1) is 0 Å². The molecule has 0 aliphatic carbocycles. The number of imide groups is 1. The van der Waals surface area contributed by atoms with Gasteiger partial charge < -0.3 is 14.8 Å². The zero-order chi connectivity index (χ0) is 12.7. The Morgan fingerprint density at radius 2 is 1.89 bits per heavy atom. The number of amides is 3. The molecule has 2 aliphatic rings. The zero-order valence-electron chi connectivity index (χ0n) is 8.95. The topological polar surface area (TPSA) is 76.7 Å². The van der Waals surface area contributed by atoms with Crippen molar-refractivity contribution in [2.75, 3.05) is 6.79 Å². The second kappa shape index (κ2) is 4.02. The van der Waals surface area contributed by atoms with Crippen molar-refractivity contribution in [1.29, 1.82) is 0 Å². The maximum Gasteiger partial charge on any atom is 0.326 e. The number of urea groups is 1. The predicted molar refractivity (Wildman–Crippen MR) is 64.9 cm³/mol. The fourth-order valence-electron chi connectivity index (χ4n) is 1.68. The van der Waals surface area contributed by atoms with Crippen LogP contribution in [0.25, 0.3) is 6.08 Å². The lowest BCUT2D eigenvalue weighted by Gasteiger charge is -2.02. The lowest BCUT2D eigenvalue weighted by Crippen LogP contribution is -2.22. The van der Waals surface area contributed by atoms with Gasteiger partial charge in [0.1, 0.15) is 5.70 Å². The second-order valence-corrected chi connectivity index (χ2v) is 4.55. The number of hydrogen-bond acceptors (Lipinski definition) is 4. The van der Waals surface area contributed by atoms with Gasteiger partial charge >= 0.3 is 6.03 Å². The van der Waals surface area contributed by atoms with Crippen LogP contribution in [0.5, 0.6) is 11.5 Å². The Kier molecular flexibility index (Phi) is 2.48. The molecule has 0 radical (unpaired) electrons. The maximum absolute atomic E-state index is 11.4. The second-order valence-electron chi connectivity index (χ2n) is 3.69. The van der Waals surface area contributed by atoms with E-state index in [0.717, 1.165) is 4.47 Å². The van der Waals surface area contributed by atoms with Gasteiger partial charge in [-0.1, -0.05) is 15.9 Å². The van der Waals surface area contributed by atoms with E-state index >= 15 is 0 Å². The van der Waals surface area contributed by atoms with Crippen molar-refractivity contribution in [2.24, 2.45) is 0 Å². The van der Waals surface area contributed by atoms with Crippen LogP contribution < -0.4 is 20.1 Å². The largest absolute Gasteiger partial charge is 0.454 e. The van der Waals surface area contributed by atoms with E-state index in [-0.39, 0.29) is 12.5 Å². The molecule has 0 saturated carbocycles. The highest BCUT2D eigenvalue weighted by Crippen LogP contribution is 2.37. The average molecular weight is 311 g/mol.